The minimum Gasteiger partial charge on any atom is -0.371 e. The van der Waals surface area contributed by atoms with Crippen molar-refractivity contribution in [1.29, 1.82) is 0 Å². The summed E-state index contributed by atoms with van der Waals surface area (Å²) < 4.78 is 6.07. The summed E-state index contributed by atoms with van der Waals surface area (Å²) in [6, 6.07) is 0.773. The second kappa shape index (κ2) is 3.97. The SMILES string of the molecule is CC1(C)CCC(CN2C[C@@H]3CCN[C@@H]3C2)O1. The van der Waals surface area contributed by atoms with Gasteiger partial charge in [-0.3, -0.25) is 4.90 Å². The zero-order valence-corrected chi connectivity index (χ0v) is 10.5. The summed E-state index contributed by atoms with van der Waals surface area (Å²) in [5.41, 5.74) is 0.124. The van der Waals surface area contributed by atoms with Gasteiger partial charge in [-0.2, -0.15) is 0 Å². The summed E-state index contributed by atoms with van der Waals surface area (Å²) >= 11 is 0. The third kappa shape index (κ3) is 2.13. The van der Waals surface area contributed by atoms with Gasteiger partial charge in [0.2, 0.25) is 0 Å². The van der Waals surface area contributed by atoms with Crippen molar-refractivity contribution < 1.29 is 4.74 Å². The van der Waals surface area contributed by atoms with E-state index in [2.05, 4.69) is 24.1 Å². The molecule has 3 heteroatoms. The first kappa shape index (κ1) is 11.0. The summed E-state index contributed by atoms with van der Waals surface area (Å²) in [4.78, 5) is 2.60. The van der Waals surface area contributed by atoms with E-state index in [1.54, 1.807) is 0 Å². The summed E-state index contributed by atoms with van der Waals surface area (Å²) in [6.45, 7) is 9.34. The molecule has 3 heterocycles. The maximum Gasteiger partial charge on any atom is 0.0710 e. The Morgan fingerprint density at radius 1 is 1.31 bits per heavy atom. The molecule has 0 radical (unpaired) electrons. The van der Waals surface area contributed by atoms with Gasteiger partial charge in [0, 0.05) is 25.7 Å². The smallest absolute Gasteiger partial charge is 0.0710 e. The first-order valence-corrected chi connectivity index (χ1v) is 6.76. The molecule has 0 bridgehead atoms. The zero-order valence-electron chi connectivity index (χ0n) is 10.5. The average molecular weight is 224 g/mol. The lowest BCUT2D eigenvalue weighted by Gasteiger charge is -2.24. The number of likely N-dealkylation sites (tertiary alicyclic amines) is 1. The van der Waals surface area contributed by atoms with Crippen LogP contribution in [0.25, 0.3) is 0 Å². The molecule has 0 aromatic rings. The maximum atomic E-state index is 6.07. The van der Waals surface area contributed by atoms with E-state index in [9.17, 15) is 0 Å². The molecule has 0 amide bonds. The lowest BCUT2D eigenvalue weighted by molar-refractivity contribution is -0.0268. The minimum absolute atomic E-state index is 0.124. The predicted molar refractivity (Wildman–Crippen MR) is 64.5 cm³/mol. The van der Waals surface area contributed by atoms with Crippen LogP contribution in [0.3, 0.4) is 0 Å². The van der Waals surface area contributed by atoms with E-state index in [4.69, 9.17) is 4.74 Å². The Labute approximate surface area is 98.5 Å². The van der Waals surface area contributed by atoms with Gasteiger partial charge in [-0.25, -0.2) is 0 Å². The van der Waals surface area contributed by atoms with Gasteiger partial charge < -0.3 is 10.1 Å². The standard InChI is InChI=1S/C13H24N2O/c1-13(2)5-3-11(16-13)8-15-7-10-4-6-14-12(10)9-15/h10-12,14H,3-9H2,1-2H3/t10-,11?,12+/m0/s1. The molecular formula is C13H24N2O. The molecule has 0 spiro atoms. The van der Waals surface area contributed by atoms with Crippen LogP contribution in [-0.4, -0.2) is 48.8 Å². The molecule has 16 heavy (non-hydrogen) atoms. The molecule has 0 aromatic heterocycles. The molecule has 0 aromatic carbocycles. The predicted octanol–water partition coefficient (Wildman–Crippen LogP) is 1.24. The van der Waals surface area contributed by atoms with Crippen molar-refractivity contribution in [3.63, 3.8) is 0 Å². The first-order valence-electron chi connectivity index (χ1n) is 6.76. The molecule has 3 nitrogen and oxygen atoms in total. The van der Waals surface area contributed by atoms with Crippen LogP contribution >= 0.6 is 0 Å². The minimum atomic E-state index is 0.124. The molecule has 92 valence electrons. The van der Waals surface area contributed by atoms with Gasteiger partial charge >= 0.3 is 0 Å². The van der Waals surface area contributed by atoms with Crippen LogP contribution in [0.15, 0.2) is 0 Å². The van der Waals surface area contributed by atoms with Gasteiger partial charge in [-0.15, -0.1) is 0 Å². The van der Waals surface area contributed by atoms with Crippen LogP contribution in [0.4, 0.5) is 0 Å². The van der Waals surface area contributed by atoms with E-state index in [0.717, 1.165) is 18.5 Å². The molecular weight excluding hydrogens is 200 g/mol. The summed E-state index contributed by atoms with van der Waals surface area (Å²) in [7, 11) is 0. The Hall–Kier alpha value is -0.120. The lowest BCUT2D eigenvalue weighted by Crippen LogP contribution is -2.35. The van der Waals surface area contributed by atoms with Crippen molar-refractivity contribution >= 4 is 0 Å². The van der Waals surface area contributed by atoms with Crippen LogP contribution in [0.1, 0.15) is 33.1 Å². The van der Waals surface area contributed by atoms with Crippen LogP contribution in [0, 0.1) is 5.92 Å². The van der Waals surface area contributed by atoms with E-state index in [1.807, 2.05) is 0 Å². The quantitative estimate of drug-likeness (QED) is 0.764. The molecule has 3 fully saturated rings. The Morgan fingerprint density at radius 2 is 2.19 bits per heavy atom. The molecule has 3 rings (SSSR count). The van der Waals surface area contributed by atoms with Crippen LogP contribution in [-0.2, 0) is 4.74 Å². The van der Waals surface area contributed by atoms with E-state index < -0.39 is 0 Å². The number of fused-ring (bicyclic) bond motifs is 1. The monoisotopic (exact) mass is 224 g/mol. The molecule has 0 saturated carbocycles. The zero-order chi connectivity index (χ0) is 11.2. The summed E-state index contributed by atoms with van der Waals surface area (Å²) in [6.07, 6.45) is 4.31. The highest BCUT2D eigenvalue weighted by Crippen LogP contribution is 2.31. The topological polar surface area (TPSA) is 24.5 Å². The fourth-order valence-corrected chi connectivity index (χ4v) is 3.58. The number of nitrogens with one attached hydrogen (secondary N) is 1. The highest BCUT2D eigenvalue weighted by molar-refractivity contribution is 4.95. The Bertz CT molecular complexity index is 255. The van der Waals surface area contributed by atoms with Crippen LogP contribution < -0.4 is 5.32 Å². The van der Waals surface area contributed by atoms with Gasteiger partial charge in [0.05, 0.1) is 11.7 Å². The molecule has 3 saturated heterocycles. The van der Waals surface area contributed by atoms with Gasteiger partial charge in [-0.05, 0) is 45.6 Å². The van der Waals surface area contributed by atoms with Gasteiger partial charge in [0.1, 0.15) is 0 Å². The third-order valence-electron chi connectivity index (χ3n) is 4.45. The van der Waals surface area contributed by atoms with Gasteiger partial charge in [0.25, 0.3) is 0 Å². The second-order valence-corrected chi connectivity index (χ2v) is 6.37. The normalized spacial score (nSPS) is 42.8. The number of rotatable bonds is 2. The lowest BCUT2D eigenvalue weighted by atomic mass is 10.1. The number of hydrogen-bond acceptors (Lipinski definition) is 3. The van der Waals surface area contributed by atoms with Crippen LogP contribution in [0.5, 0.6) is 0 Å². The van der Waals surface area contributed by atoms with Crippen molar-refractivity contribution in [2.75, 3.05) is 26.2 Å². The second-order valence-electron chi connectivity index (χ2n) is 6.37. The highest BCUT2D eigenvalue weighted by Gasteiger charge is 2.38. The molecule has 3 aliphatic rings. The fraction of sp³-hybridized carbons (Fsp3) is 1.00. The van der Waals surface area contributed by atoms with Gasteiger partial charge in [-0.1, -0.05) is 0 Å². The number of ether oxygens (including phenoxy) is 1. The van der Waals surface area contributed by atoms with Crippen molar-refractivity contribution in [2.45, 2.75) is 50.9 Å². The Kier molecular flexibility index (Phi) is 2.73. The van der Waals surface area contributed by atoms with Gasteiger partial charge in [0.15, 0.2) is 0 Å². The molecule has 3 atom stereocenters. The van der Waals surface area contributed by atoms with Crippen molar-refractivity contribution in [3.8, 4) is 0 Å². The maximum absolute atomic E-state index is 6.07. The third-order valence-corrected chi connectivity index (χ3v) is 4.45. The van der Waals surface area contributed by atoms with E-state index in [-0.39, 0.29) is 5.60 Å². The first-order chi connectivity index (χ1) is 7.62. The Balaban J connectivity index is 1.50. The fourth-order valence-electron chi connectivity index (χ4n) is 3.58. The number of hydrogen-bond donors (Lipinski definition) is 1. The number of nitrogens with zero attached hydrogens (tertiary/aromatic N) is 1. The van der Waals surface area contributed by atoms with Crippen molar-refractivity contribution in [1.82, 2.24) is 10.2 Å². The van der Waals surface area contributed by atoms with Crippen molar-refractivity contribution in [3.05, 3.63) is 0 Å². The van der Waals surface area contributed by atoms with Crippen LogP contribution in [0.2, 0.25) is 0 Å². The van der Waals surface area contributed by atoms with Crippen molar-refractivity contribution in [2.24, 2.45) is 5.92 Å². The molecule has 1 unspecified atom stereocenters. The van der Waals surface area contributed by atoms with E-state index >= 15 is 0 Å². The molecule has 1 N–H and O–H groups in total. The summed E-state index contributed by atoms with van der Waals surface area (Å²) in [5, 5.41) is 3.61. The average Bonchev–Trinajstić information content (AvgIpc) is 2.80. The van der Waals surface area contributed by atoms with E-state index in [0.29, 0.717) is 6.10 Å². The highest BCUT2D eigenvalue weighted by atomic mass is 16.5. The summed E-state index contributed by atoms with van der Waals surface area (Å²) in [5.74, 6) is 0.911. The Morgan fingerprint density at radius 3 is 2.88 bits per heavy atom. The largest absolute Gasteiger partial charge is 0.371 e. The molecule has 3 aliphatic heterocycles. The molecule has 0 aliphatic carbocycles. The van der Waals surface area contributed by atoms with E-state index in [1.165, 1.54) is 38.9 Å².